The normalized spacial score (nSPS) is 9.33. The monoisotopic (exact) mass is 128 g/mol. The topological polar surface area (TPSA) is 74.8 Å². The first-order chi connectivity index (χ1) is 4.25. The van der Waals surface area contributed by atoms with E-state index in [1.54, 1.807) is 0 Å². The average Bonchev–Trinajstić information content (AvgIpc) is 2.12. The highest BCUT2D eigenvalue weighted by atomic mass is 16.3. The molecule has 1 aromatic heterocycles. The Labute approximate surface area is 50.1 Å². The largest absolute Gasteiger partial charge is 0.493 e. The second kappa shape index (κ2) is 1.77. The third-order valence-corrected chi connectivity index (χ3v) is 0.897. The molecule has 1 rings (SSSR count). The summed E-state index contributed by atoms with van der Waals surface area (Å²) in [6.07, 6.45) is 0. The molecular weight excluding hydrogens is 124 g/mol. The molecule has 0 saturated carbocycles. The number of nitroso groups, excluding NO2 is 1. The molecule has 5 nitrogen and oxygen atoms in total. The number of nitrogens with zero attached hydrogens (tertiary/aromatic N) is 2. The lowest BCUT2D eigenvalue weighted by Gasteiger charge is -1.89. The molecule has 5 heteroatoms. The van der Waals surface area contributed by atoms with Crippen LogP contribution in [0.5, 0.6) is 11.8 Å². The van der Waals surface area contributed by atoms with Gasteiger partial charge in [0.15, 0.2) is 0 Å². The van der Waals surface area contributed by atoms with E-state index in [4.69, 9.17) is 10.2 Å². The first-order valence-corrected chi connectivity index (χ1v) is 2.19. The molecule has 0 unspecified atom stereocenters. The first kappa shape index (κ1) is 5.61. The highest BCUT2D eigenvalue weighted by molar-refractivity contribution is 5.22. The number of aromatic hydroxyl groups is 2. The Morgan fingerprint density at radius 2 is 1.78 bits per heavy atom. The highest BCUT2D eigenvalue weighted by Crippen LogP contribution is 2.19. The van der Waals surface area contributed by atoms with Crippen molar-refractivity contribution in [3.8, 4) is 11.8 Å². The van der Waals surface area contributed by atoms with E-state index in [2.05, 4.69) is 5.29 Å². The van der Waals surface area contributed by atoms with Gasteiger partial charge >= 0.3 is 0 Å². The molecule has 0 amide bonds. The summed E-state index contributed by atoms with van der Waals surface area (Å²) in [7, 11) is 0. The van der Waals surface area contributed by atoms with Gasteiger partial charge in [0.25, 0.3) is 0 Å². The zero-order valence-corrected chi connectivity index (χ0v) is 4.35. The van der Waals surface area contributed by atoms with Gasteiger partial charge in [0.2, 0.25) is 11.8 Å². The molecule has 1 aromatic rings. The lowest BCUT2D eigenvalue weighted by molar-refractivity contribution is 0.383. The van der Waals surface area contributed by atoms with Crippen molar-refractivity contribution in [2.24, 2.45) is 5.29 Å². The highest BCUT2D eigenvalue weighted by Gasteiger charge is 2.03. The van der Waals surface area contributed by atoms with Crippen LogP contribution in [0, 0.1) is 4.91 Å². The molecule has 2 N–H and O–H groups in total. The molecule has 0 aromatic carbocycles. The quantitative estimate of drug-likeness (QED) is 0.538. The van der Waals surface area contributed by atoms with Crippen LogP contribution in [-0.2, 0) is 0 Å². The summed E-state index contributed by atoms with van der Waals surface area (Å²) in [4.78, 5) is 9.70. The van der Waals surface area contributed by atoms with E-state index in [1.807, 2.05) is 0 Å². The molecule has 0 radical (unpaired) electrons. The van der Waals surface area contributed by atoms with Crippen molar-refractivity contribution in [2.75, 3.05) is 0 Å². The molecule has 0 aliphatic heterocycles. The maximum Gasteiger partial charge on any atom is 0.218 e. The number of aromatic nitrogens is 1. The van der Waals surface area contributed by atoms with Crippen molar-refractivity contribution in [3.05, 3.63) is 17.0 Å². The van der Waals surface area contributed by atoms with Gasteiger partial charge in [0, 0.05) is 12.1 Å². The van der Waals surface area contributed by atoms with E-state index in [1.165, 1.54) is 0 Å². The van der Waals surface area contributed by atoms with Crippen molar-refractivity contribution >= 4 is 0 Å². The Balaban J connectivity index is 3.22. The summed E-state index contributed by atoms with van der Waals surface area (Å²) in [6.45, 7) is 0. The SMILES string of the molecule is O=Nn1c(O)ccc1O. The molecule has 9 heavy (non-hydrogen) atoms. The fourth-order valence-corrected chi connectivity index (χ4v) is 0.491. The summed E-state index contributed by atoms with van der Waals surface area (Å²) >= 11 is 0. The van der Waals surface area contributed by atoms with Crippen LogP contribution < -0.4 is 0 Å². The van der Waals surface area contributed by atoms with Crippen LogP contribution in [0.1, 0.15) is 0 Å². The maximum atomic E-state index is 9.70. The van der Waals surface area contributed by atoms with Crippen molar-refractivity contribution in [2.45, 2.75) is 0 Å². The first-order valence-electron chi connectivity index (χ1n) is 2.19. The van der Waals surface area contributed by atoms with Crippen LogP contribution in [0.15, 0.2) is 17.4 Å². The minimum atomic E-state index is -0.373. The fraction of sp³-hybridized carbons (Fsp3) is 0. The van der Waals surface area contributed by atoms with E-state index in [0.29, 0.717) is 4.68 Å². The molecule has 0 bridgehead atoms. The van der Waals surface area contributed by atoms with E-state index in [9.17, 15) is 4.91 Å². The molecule has 0 atom stereocenters. The predicted molar refractivity (Wildman–Crippen MR) is 29.0 cm³/mol. The van der Waals surface area contributed by atoms with E-state index >= 15 is 0 Å². The molecule has 0 fully saturated rings. The van der Waals surface area contributed by atoms with Crippen LogP contribution in [-0.4, -0.2) is 14.9 Å². The molecule has 0 aliphatic rings. The summed E-state index contributed by atoms with van der Waals surface area (Å²) in [6, 6.07) is 2.33. The smallest absolute Gasteiger partial charge is 0.218 e. The lowest BCUT2D eigenvalue weighted by atomic mass is 10.6. The fourth-order valence-electron chi connectivity index (χ4n) is 0.491. The maximum absolute atomic E-state index is 9.70. The standard InChI is InChI=1S/C4H4N2O3/c7-3-1-2-4(8)6(3)5-9/h1-2,7-8H. The third-order valence-electron chi connectivity index (χ3n) is 0.897. The Kier molecular flexibility index (Phi) is 1.11. The van der Waals surface area contributed by atoms with Gasteiger partial charge in [-0.1, -0.05) is 0 Å². The van der Waals surface area contributed by atoms with Gasteiger partial charge in [-0.3, -0.25) is 0 Å². The van der Waals surface area contributed by atoms with E-state index in [0.717, 1.165) is 12.1 Å². The van der Waals surface area contributed by atoms with Gasteiger partial charge in [0.05, 0.1) is 5.29 Å². The zero-order chi connectivity index (χ0) is 6.85. The van der Waals surface area contributed by atoms with Gasteiger partial charge in [0.1, 0.15) is 0 Å². The Bertz CT molecular complexity index is 210. The second-order valence-electron chi connectivity index (χ2n) is 1.44. The Morgan fingerprint density at radius 3 is 2.00 bits per heavy atom. The number of hydrogen-bond acceptors (Lipinski definition) is 4. The van der Waals surface area contributed by atoms with E-state index < -0.39 is 0 Å². The number of rotatable bonds is 1. The summed E-state index contributed by atoms with van der Waals surface area (Å²) in [5.74, 6) is -0.745. The summed E-state index contributed by atoms with van der Waals surface area (Å²) < 4.78 is 0.472. The van der Waals surface area contributed by atoms with Crippen molar-refractivity contribution in [1.82, 2.24) is 4.68 Å². The predicted octanol–water partition coefficient (Wildman–Crippen LogP) is 0.429. The second-order valence-corrected chi connectivity index (χ2v) is 1.44. The van der Waals surface area contributed by atoms with Gasteiger partial charge in [-0.25, -0.2) is 0 Å². The van der Waals surface area contributed by atoms with Crippen LogP contribution in [0.3, 0.4) is 0 Å². The van der Waals surface area contributed by atoms with Crippen molar-refractivity contribution in [1.29, 1.82) is 0 Å². The molecule has 0 aliphatic carbocycles. The van der Waals surface area contributed by atoms with Gasteiger partial charge in [-0.05, 0) is 0 Å². The van der Waals surface area contributed by atoms with Gasteiger partial charge in [-0.2, -0.15) is 0 Å². The van der Waals surface area contributed by atoms with Crippen LogP contribution >= 0.6 is 0 Å². The molecular formula is C4H4N2O3. The molecule has 48 valence electrons. The summed E-state index contributed by atoms with van der Waals surface area (Å²) in [5, 5.41) is 19.6. The minimum absolute atomic E-state index is 0.373. The Hall–Kier alpha value is -1.52. The van der Waals surface area contributed by atoms with Crippen molar-refractivity contribution < 1.29 is 10.2 Å². The van der Waals surface area contributed by atoms with Crippen LogP contribution in [0.2, 0.25) is 0 Å². The van der Waals surface area contributed by atoms with E-state index in [-0.39, 0.29) is 11.8 Å². The minimum Gasteiger partial charge on any atom is -0.493 e. The van der Waals surface area contributed by atoms with Crippen LogP contribution in [0.25, 0.3) is 0 Å². The average molecular weight is 128 g/mol. The lowest BCUT2D eigenvalue weighted by Crippen LogP contribution is -1.81. The van der Waals surface area contributed by atoms with Crippen molar-refractivity contribution in [3.63, 3.8) is 0 Å². The number of hydrogen-bond donors (Lipinski definition) is 2. The Morgan fingerprint density at radius 1 is 1.33 bits per heavy atom. The molecule has 1 heterocycles. The molecule has 0 spiro atoms. The van der Waals surface area contributed by atoms with Crippen LogP contribution in [0.4, 0.5) is 0 Å². The van der Waals surface area contributed by atoms with Gasteiger partial charge in [-0.15, -0.1) is 9.58 Å². The third kappa shape index (κ3) is 0.716. The zero-order valence-electron chi connectivity index (χ0n) is 4.35. The molecule has 0 saturated heterocycles. The summed E-state index contributed by atoms with van der Waals surface area (Å²) in [5.41, 5.74) is 0. The van der Waals surface area contributed by atoms with Gasteiger partial charge < -0.3 is 10.2 Å².